The number of benzene rings is 2. The molecule has 156 valence electrons. The average molecular weight is 437 g/mol. The van der Waals surface area contributed by atoms with Gasteiger partial charge in [-0.3, -0.25) is 4.79 Å². The van der Waals surface area contributed by atoms with E-state index in [1.165, 1.54) is 22.9 Å². The number of halogens is 1. The minimum Gasteiger partial charge on any atom is -0.484 e. The lowest BCUT2D eigenvalue weighted by atomic mass is 9.96. The number of carbonyl (C=O) groups excluding carboxylic acids is 1. The van der Waals surface area contributed by atoms with Crippen molar-refractivity contribution in [1.82, 2.24) is 4.31 Å². The van der Waals surface area contributed by atoms with Crippen LogP contribution in [0.15, 0.2) is 53.4 Å². The number of rotatable bonds is 7. The second kappa shape index (κ2) is 9.61. The van der Waals surface area contributed by atoms with Crippen LogP contribution in [-0.4, -0.2) is 38.3 Å². The van der Waals surface area contributed by atoms with Crippen LogP contribution in [0.3, 0.4) is 0 Å². The Balaban J connectivity index is 1.57. The summed E-state index contributed by atoms with van der Waals surface area (Å²) in [6.45, 7) is -0.161. The van der Waals surface area contributed by atoms with Gasteiger partial charge in [-0.1, -0.05) is 30.9 Å². The quantitative estimate of drug-likeness (QED) is 0.701. The van der Waals surface area contributed by atoms with Crippen LogP contribution in [0.25, 0.3) is 0 Å². The molecular formula is C21H25ClN2O4S. The van der Waals surface area contributed by atoms with Gasteiger partial charge in [0.15, 0.2) is 6.61 Å². The number of ether oxygens (including phenoxy) is 1. The summed E-state index contributed by atoms with van der Waals surface area (Å²) in [7, 11) is -1.90. The molecule has 8 heteroatoms. The maximum absolute atomic E-state index is 12.9. The Hall–Kier alpha value is -2.09. The Morgan fingerprint density at radius 2 is 1.69 bits per heavy atom. The monoisotopic (exact) mass is 436 g/mol. The van der Waals surface area contributed by atoms with Gasteiger partial charge in [-0.15, -0.1) is 0 Å². The smallest absolute Gasteiger partial charge is 0.262 e. The number of hydrogen-bond donors (Lipinski definition) is 1. The largest absolute Gasteiger partial charge is 0.484 e. The molecule has 1 aliphatic carbocycles. The predicted octanol–water partition coefficient (Wildman–Crippen LogP) is 4.31. The molecule has 0 saturated heterocycles. The van der Waals surface area contributed by atoms with Crippen molar-refractivity contribution in [2.75, 3.05) is 19.0 Å². The molecular weight excluding hydrogens is 412 g/mol. The minimum atomic E-state index is -3.55. The molecule has 0 heterocycles. The summed E-state index contributed by atoms with van der Waals surface area (Å²) < 4.78 is 32.6. The van der Waals surface area contributed by atoms with Crippen molar-refractivity contribution in [3.05, 3.63) is 53.6 Å². The molecule has 1 amide bonds. The van der Waals surface area contributed by atoms with Crippen LogP contribution in [0.1, 0.15) is 32.1 Å². The number of anilines is 1. The highest BCUT2D eigenvalue weighted by Gasteiger charge is 2.28. The number of carbonyl (C=O) groups is 1. The fourth-order valence-corrected chi connectivity index (χ4v) is 4.94. The molecule has 1 fully saturated rings. The van der Waals surface area contributed by atoms with E-state index in [-0.39, 0.29) is 23.5 Å². The molecule has 6 nitrogen and oxygen atoms in total. The summed E-state index contributed by atoms with van der Waals surface area (Å²) in [5, 5.41) is 3.29. The highest BCUT2D eigenvalue weighted by atomic mass is 35.5. The molecule has 1 saturated carbocycles. The minimum absolute atomic E-state index is 0.0538. The topological polar surface area (TPSA) is 75.7 Å². The van der Waals surface area contributed by atoms with E-state index in [4.69, 9.17) is 16.3 Å². The normalized spacial score (nSPS) is 15.3. The third-order valence-corrected chi connectivity index (χ3v) is 7.26. The summed E-state index contributed by atoms with van der Waals surface area (Å²) in [4.78, 5) is 12.3. The first-order chi connectivity index (χ1) is 13.9. The van der Waals surface area contributed by atoms with Crippen LogP contribution < -0.4 is 10.1 Å². The number of amides is 1. The van der Waals surface area contributed by atoms with E-state index in [9.17, 15) is 13.2 Å². The third-order valence-electron chi connectivity index (χ3n) is 5.09. The van der Waals surface area contributed by atoms with Crippen molar-refractivity contribution in [2.24, 2.45) is 0 Å². The molecule has 0 unspecified atom stereocenters. The maximum atomic E-state index is 12.9. The van der Waals surface area contributed by atoms with Crippen LogP contribution in [-0.2, 0) is 14.8 Å². The van der Waals surface area contributed by atoms with Crippen LogP contribution in [0.4, 0.5) is 5.69 Å². The van der Waals surface area contributed by atoms with Gasteiger partial charge in [-0.05, 0) is 61.4 Å². The first-order valence-corrected chi connectivity index (χ1v) is 11.4. The van der Waals surface area contributed by atoms with E-state index >= 15 is 0 Å². The fraction of sp³-hybridized carbons (Fsp3) is 0.381. The summed E-state index contributed by atoms with van der Waals surface area (Å²) in [5.41, 5.74) is 0.508. The molecule has 1 aliphatic rings. The Bertz CT molecular complexity index is 924. The van der Waals surface area contributed by atoms with Crippen molar-refractivity contribution < 1.29 is 17.9 Å². The van der Waals surface area contributed by atoms with Gasteiger partial charge in [0.05, 0.1) is 4.90 Å². The van der Waals surface area contributed by atoms with Gasteiger partial charge >= 0.3 is 0 Å². The zero-order valence-corrected chi connectivity index (χ0v) is 17.9. The average Bonchev–Trinajstić information content (AvgIpc) is 2.74. The summed E-state index contributed by atoms with van der Waals surface area (Å²) >= 11 is 5.81. The molecule has 1 N–H and O–H groups in total. The molecule has 3 rings (SSSR count). The van der Waals surface area contributed by atoms with E-state index in [0.29, 0.717) is 16.5 Å². The van der Waals surface area contributed by atoms with Crippen LogP contribution >= 0.6 is 11.6 Å². The van der Waals surface area contributed by atoms with E-state index < -0.39 is 10.0 Å². The summed E-state index contributed by atoms with van der Waals surface area (Å²) in [5.74, 6) is 0.201. The van der Waals surface area contributed by atoms with Crippen molar-refractivity contribution in [2.45, 2.75) is 43.0 Å². The van der Waals surface area contributed by atoms with Gasteiger partial charge in [0, 0.05) is 23.8 Å². The molecule has 0 aromatic heterocycles. The van der Waals surface area contributed by atoms with Crippen LogP contribution in [0.2, 0.25) is 5.02 Å². The van der Waals surface area contributed by atoms with Gasteiger partial charge in [-0.25, -0.2) is 8.42 Å². The highest BCUT2D eigenvalue weighted by Crippen LogP contribution is 2.27. The number of nitrogens with one attached hydrogen (secondary N) is 1. The lowest BCUT2D eigenvalue weighted by Crippen LogP contribution is -2.38. The molecule has 0 atom stereocenters. The molecule has 2 aromatic carbocycles. The molecule has 0 radical (unpaired) electrons. The van der Waals surface area contributed by atoms with Gasteiger partial charge in [0.2, 0.25) is 10.0 Å². The standard InChI is InChI=1S/C21H25ClN2O4S/c1-24(18-5-3-2-4-6-18)29(26,27)20-13-9-17(10-14-20)23-21(25)15-28-19-11-7-16(22)8-12-19/h7-14,18H,2-6,15H2,1H3,(H,23,25). The Labute approximate surface area is 176 Å². The molecule has 0 aliphatic heterocycles. The summed E-state index contributed by atoms with van der Waals surface area (Å²) in [6, 6.07) is 13.0. The lowest BCUT2D eigenvalue weighted by molar-refractivity contribution is -0.118. The van der Waals surface area contributed by atoms with E-state index in [2.05, 4.69) is 5.32 Å². The van der Waals surface area contributed by atoms with Crippen LogP contribution in [0, 0.1) is 0 Å². The zero-order chi connectivity index (χ0) is 20.9. The second-order valence-corrected chi connectivity index (χ2v) is 9.56. The molecule has 2 aromatic rings. The van der Waals surface area contributed by atoms with E-state index in [0.717, 1.165) is 25.7 Å². The first-order valence-electron chi connectivity index (χ1n) is 9.62. The Kier molecular flexibility index (Phi) is 7.16. The number of nitrogens with zero attached hydrogens (tertiary/aromatic N) is 1. The van der Waals surface area contributed by atoms with E-state index in [1.807, 2.05) is 0 Å². The summed E-state index contributed by atoms with van der Waals surface area (Å²) in [6.07, 6.45) is 5.09. The number of sulfonamides is 1. The third kappa shape index (κ3) is 5.72. The Morgan fingerprint density at radius 1 is 1.07 bits per heavy atom. The van der Waals surface area contributed by atoms with Crippen LogP contribution in [0.5, 0.6) is 5.75 Å². The lowest BCUT2D eigenvalue weighted by Gasteiger charge is -2.30. The highest BCUT2D eigenvalue weighted by molar-refractivity contribution is 7.89. The van der Waals surface area contributed by atoms with E-state index in [1.54, 1.807) is 43.4 Å². The predicted molar refractivity (Wildman–Crippen MR) is 114 cm³/mol. The van der Waals surface area contributed by atoms with Crippen molar-refractivity contribution in [3.63, 3.8) is 0 Å². The van der Waals surface area contributed by atoms with Gasteiger partial charge < -0.3 is 10.1 Å². The zero-order valence-electron chi connectivity index (χ0n) is 16.3. The van der Waals surface area contributed by atoms with Crippen molar-refractivity contribution in [1.29, 1.82) is 0 Å². The van der Waals surface area contributed by atoms with Gasteiger partial charge in [0.25, 0.3) is 5.91 Å². The first kappa shape index (κ1) is 21.6. The maximum Gasteiger partial charge on any atom is 0.262 e. The van der Waals surface area contributed by atoms with Gasteiger partial charge in [-0.2, -0.15) is 4.31 Å². The van der Waals surface area contributed by atoms with Crippen molar-refractivity contribution >= 4 is 33.2 Å². The molecule has 29 heavy (non-hydrogen) atoms. The SMILES string of the molecule is CN(C1CCCCC1)S(=O)(=O)c1ccc(NC(=O)COc2ccc(Cl)cc2)cc1. The number of hydrogen-bond acceptors (Lipinski definition) is 4. The van der Waals surface area contributed by atoms with Crippen molar-refractivity contribution in [3.8, 4) is 5.75 Å². The Morgan fingerprint density at radius 3 is 2.31 bits per heavy atom. The second-order valence-electron chi connectivity index (χ2n) is 7.13. The van der Waals surface area contributed by atoms with Gasteiger partial charge in [0.1, 0.15) is 5.75 Å². The molecule has 0 spiro atoms. The molecule has 0 bridgehead atoms. The fourth-order valence-electron chi connectivity index (χ4n) is 3.39.